The van der Waals surface area contributed by atoms with Crippen LogP contribution in [-0.2, 0) is 4.74 Å². The lowest BCUT2D eigenvalue weighted by Crippen LogP contribution is -2.52. The smallest absolute Gasteiger partial charge is 0.270 e. The van der Waals surface area contributed by atoms with Gasteiger partial charge in [0.2, 0.25) is 0 Å². The number of methoxy groups -OCH3 is 1. The van der Waals surface area contributed by atoms with Crippen LogP contribution in [0, 0.1) is 0 Å². The first-order valence-electron chi connectivity index (χ1n) is 7.78. The fraction of sp³-hybridized carbons (Fsp3) is 0.471. The van der Waals surface area contributed by atoms with Gasteiger partial charge in [0.05, 0.1) is 26.4 Å². The molecule has 23 heavy (non-hydrogen) atoms. The molecule has 2 aromatic rings. The Labute approximate surface area is 136 Å². The maximum absolute atomic E-state index is 12.9. The van der Waals surface area contributed by atoms with Crippen molar-refractivity contribution in [1.29, 1.82) is 0 Å². The summed E-state index contributed by atoms with van der Waals surface area (Å²) in [6.45, 7) is 2.58. The van der Waals surface area contributed by atoms with Crippen LogP contribution in [0.2, 0.25) is 0 Å². The minimum atomic E-state index is 0.0234. The van der Waals surface area contributed by atoms with E-state index in [4.69, 9.17) is 9.47 Å². The lowest BCUT2D eigenvalue weighted by Gasteiger charge is -2.36. The maximum atomic E-state index is 12.9. The van der Waals surface area contributed by atoms with Crippen molar-refractivity contribution < 1.29 is 14.3 Å². The van der Waals surface area contributed by atoms with Crippen LogP contribution >= 0.6 is 0 Å². The van der Waals surface area contributed by atoms with E-state index in [1.54, 1.807) is 7.11 Å². The van der Waals surface area contributed by atoms with Gasteiger partial charge in [-0.15, -0.1) is 0 Å². The van der Waals surface area contributed by atoms with E-state index < -0.39 is 0 Å². The second kappa shape index (κ2) is 6.60. The lowest BCUT2D eigenvalue weighted by atomic mass is 10.2. The third kappa shape index (κ3) is 3.33. The third-order valence-electron chi connectivity index (χ3n) is 4.12. The summed E-state index contributed by atoms with van der Waals surface area (Å²) >= 11 is 0. The zero-order valence-corrected chi connectivity index (χ0v) is 13.8. The number of ether oxygens (including phenoxy) is 2. The quantitative estimate of drug-likeness (QED) is 0.930. The maximum Gasteiger partial charge on any atom is 0.270 e. The summed E-state index contributed by atoms with van der Waals surface area (Å²) in [6.07, 6.45) is 0. The average Bonchev–Trinajstić information content (AvgIpc) is 2.97. The van der Waals surface area contributed by atoms with Crippen molar-refractivity contribution in [2.75, 3.05) is 47.5 Å². The van der Waals surface area contributed by atoms with Crippen molar-refractivity contribution in [2.24, 2.45) is 0 Å². The summed E-state index contributed by atoms with van der Waals surface area (Å²) in [7, 11) is 5.65. The highest BCUT2D eigenvalue weighted by Crippen LogP contribution is 2.22. The first-order valence-corrected chi connectivity index (χ1v) is 7.78. The number of likely N-dealkylation sites (N-methyl/N-ethyl adjacent to an activating group) is 1. The fourth-order valence-electron chi connectivity index (χ4n) is 3.00. The normalized spacial score (nSPS) is 18.6. The molecule has 0 aliphatic carbocycles. The van der Waals surface area contributed by atoms with Gasteiger partial charge < -0.3 is 24.3 Å². The molecule has 1 atom stereocenters. The molecule has 1 aliphatic heterocycles. The summed E-state index contributed by atoms with van der Waals surface area (Å²) in [5, 5.41) is 1.01. The number of fused-ring (bicyclic) bond motifs is 1. The van der Waals surface area contributed by atoms with Crippen molar-refractivity contribution >= 4 is 16.8 Å². The summed E-state index contributed by atoms with van der Waals surface area (Å²) in [5.41, 5.74) is 1.52. The predicted octanol–water partition coefficient (Wildman–Crippen LogP) is 1.58. The first kappa shape index (κ1) is 15.8. The molecule has 6 heteroatoms. The second-order valence-electron chi connectivity index (χ2n) is 6.13. The monoisotopic (exact) mass is 317 g/mol. The van der Waals surface area contributed by atoms with Crippen LogP contribution in [0.3, 0.4) is 0 Å². The Morgan fingerprint density at radius 3 is 3.00 bits per heavy atom. The largest absolute Gasteiger partial charge is 0.497 e. The number of carbonyl (C=O) groups excluding carboxylic acids is 1. The number of benzene rings is 1. The molecule has 0 saturated carbocycles. The van der Waals surface area contributed by atoms with E-state index in [2.05, 4.69) is 9.88 Å². The van der Waals surface area contributed by atoms with Gasteiger partial charge in [0.15, 0.2) is 0 Å². The van der Waals surface area contributed by atoms with Crippen molar-refractivity contribution in [3.8, 4) is 5.75 Å². The number of nitrogens with zero attached hydrogens (tertiary/aromatic N) is 2. The fourth-order valence-corrected chi connectivity index (χ4v) is 3.00. The summed E-state index contributed by atoms with van der Waals surface area (Å²) < 4.78 is 10.8. The highest BCUT2D eigenvalue weighted by Gasteiger charge is 2.29. The molecule has 1 fully saturated rings. The van der Waals surface area contributed by atoms with E-state index in [1.165, 1.54) is 0 Å². The topological polar surface area (TPSA) is 57.8 Å². The minimum absolute atomic E-state index is 0.0234. The number of aromatic nitrogens is 1. The molecule has 0 radical (unpaired) electrons. The van der Waals surface area contributed by atoms with Crippen LogP contribution in [-0.4, -0.2) is 74.2 Å². The molecule has 1 aliphatic rings. The zero-order chi connectivity index (χ0) is 16.4. The van der Waals surface area contributed by atoms with Crippen LogP contribution < -0.4 is 4.74 Å². The van der Waals surface area contributed by atoms with Crippen LogP contribution in [0.5, 0.6) is 5.75 Å². The third-order valence-corrected chi connectivity index (χ3v) is 4.12. The van der Waals surface area contributed by atoms with Gasteiger partial charge in [0, 0.05) is 30.1 Å². The number of amides is 1. The van der Waals surface area contributed by atoms with Gasteiger partial charge >= 0.3 is 0 Å². The number of rotatable bonds is 4. The predicted molar refractivity (Wildman–Crippen MR) is 89.0 cm³/mol. The number of carbonyl (C=O) groups is 1. The van der Waals surface area contributed by atoms with E-state index in [9.17, 15) is 4.79 Å². The summed E-state index contributed by atoms with van der Waals surface area (Å²) in [5.74, 6) is 0.797. The van der Waals surface area contributed by atoms with E-state index >= 15 is 0 Å². The minimum Gasteiger partial charge on any atom is -0.497 e. The van der Waals surface area contributed by atoms with E-state index in [0.717, 1.165) is 23.2 Å². The summed E-state index contributed by atoms with van der Waals surface area (Å²) in [6, 6.07) is 7.74. The van der Waals surface area contributed by atoms with Gasteiger partial charge in [0.1, 0.15) is 11.4 Å². The van der Waals surface area contributed by atoms with Gasteiger partial charge in [-0.3, -0.25) is 4.79 Å². The van der Waals surface area contributed by atoms with E-state index in [1.807, 2.05) is 43.3 Å². The number of hydrogen-bond donors (Lipinski definition) is 1. The molecule has 124 valence electrons. The van der Waals surface area contributed by atoms with Crippen LogP contribution in [0.4, 0.5) is 0 Å². The SMILES string of the molecule is COc1ccc2cc(C(=O)N3CCOCC3CN(C)C)[nH]c2c1. The molecule has 1 aromatic carbocycles. The Hall–Kier alpha value is -2.05. The molecular formula is C17H23N3O3. The Morgan fingerprint density at radius 2 is 2.26 bits per heavy atom. The summed E-state index contributed by atoms with van der Waals surface area (Å²) in [4.78, 5) is 20.1. The molecule has 1 saturated heterocycles. The molecule has 1 N–H and O–H groups in total. The van der Waals surface area contributed by atoms with Gasteiger partial charge in [-0.2, -0.15) is 0 Å². The first-order chi connectivity index (χ1) is 11.1. The van der Waals surface area contributed by atoms with Crippen molar-refractivity contribution in [3.05, 3.63) is 30.0 Å². The zero-order valence-electron chi connectivity index (χ0n) is 13.8. The average molecular weight is 317 g/mol. The van der Waals surface area contributed by atoms with Crippen molar-refractivity contribution in [3.63, 3.8) is 0 Å². The van der Waals surface area contributed by atoms with Crippen LogP contribution in [0.15, 0.2) is 24.3 Å². The van der Waals surface area contributed by atoms with Crippen molar-refractivity contribution in [1.82, 2.24) is 14.8 Å². The van der Waals surface area contributed by atoms with Gasteiger partial charge in [0.25, 0.3) is 5.91 Å². The standard InChI is InChI=1S/C17H23N3O3/c1-19(2)10-13-11-23-7-6-20(13)17(21)16-8-12-4-5-14(22-3)9-15(12)18-16/h4-5,8-9,13,18H,6-7,10-11H2,1-3H3. The lowest BCUT2D eigenvalue weighted by molar-refractivity contribution is -0.00854. The Morgan fingerprint density at radius 1 is 1.43 bits per heavy atom. The second-order valence-corrected chi connectivity index (χ2v) is 6.13. The van der Waals surface area contributed by atoms with Crippen LogP contribution in [0.1, 0.15) is 10.5 Å². The molecule has 0 bridgehead atoms. The molecule has 1 amide bonds. The molecule has 1 aromatic heterocycles. The van der Waals surface area contributed by atoms with Crippen molar-refractivity contribution in [2.45, 2.75) is 6.04 Å². The van der Waals surface area contributed by atoms with Gasteiger partial charge in [-0.05, 0) is 32.3 Å². The Bertz CT molecular complexity index is 695. The van der Waals surface area contributed by atoms with E-state index in [0.29, 0.717) is 25.5 Å². The molecule has 1 unspecified atom stereocenters. The molecule has 2 heterocycles. The Kier molecular flexibility index (Phi) is 4.54. The Balaban J connectivity index is 1.85. The molecular weight excluding hydrogens is 294 g/mol. The number of aromatic amines is 1. The number of H-pyrrole nitrogens is 1. The molecule has 3 rings (SSSR count). The van der Waals surface area contributed by atoms with Gasteiger partial charge in [-0.25, -0.2) is 0 Å². The number of morpholine rings is 1. The van der Waals surface area contributed by atoms with E-state index in [-0.39, 0.29) is 11.9 Å². The van der Waals surface area contributed by atoms with Crippen LogP contribution in [0.25, 0.3) is 10.9 Å². The highest BCUT2D eigenvalue weighted by molar-refractivity contribution is 5.98. The molecule has 6 nitrogen and oxygen atoms in total. The number of hydrogen-bond acceptors (Lipinski definition) is 4. The number of nitrogens with one attached hydrogen (secondary N) is 1. The van der Waals surface area contributed by atoms with Gasteiger partial charge in [-0.1, -0.05) is 0 Å². The highest BCUT2D eigenvalue weighted by atomic mass is 16.5. The molecule has 0 spiro atoms.